The number of aromatic nitrogens is 2. The van der Waals surface area contributed by atoms with Gasteiger partial charge in [-0.05, 0) is 24.0 Å². The molecule has 2 rings (SSSR count). The number of benzene rings is 1. The number of rotatable bonds is 5. The topological polar surface area (TPSA) is 76.0 Å². The highest BCUT2D eigenvalue weighted by Crippen LogP contribution is 2.23. The molecule has 1 aromatic carbocycles. The summed E-state index contributed by atoms with van der Waals surface area (Å²) in [6.45, 7) is 3.90. The Labute approximate surface area is 144 Å². The van der Waals surface area contributed by atoms with Gasteiger partial charge in [0.25, 0.3) is 12.3 Å². The maximum Gasteiger partial charge on any atom is 0.326 e. The molecule has 2 N–H and O–H groups in total. The minimum Gasteiger partial charge on any atom is -0.307 e. The number of aryl methyl sites for hydroxylation is 3. The van der Waals surface area contributed by atoms with Crippen LogP contribution in [0.3, 0.4) is 0 Å². The van der Waals surface area contributed by atoms with Crippen molar-refractivity contribution in [3.63, 3.8) is 0 Å². The van der Waals surface area contributed by atoms with Crippen molar-refractivity contribution in [1.29, 1.82) is 0 Å². The molecule has 134 valence electrons. The summed E-state index contributed by atoms with van der Waals surface area (Å²) in [5, 5.41) is 8.28. The van der Waals surface area contributed by atoms with E-state index in [1.54, 1.807) is 0 Å². The zero-order chi connectivity index (χ0) is 18.6. The molecule has 6 nitrogen and oxygen atoms in total. The van der Waals surface area contributed by atoms with Gasteiger partial charge in [-0.1, -0.05) is 32.0 Å². The van der Waals surface area contributed by atoms with Crippen molar-refractivity contribution >= 4 is 17.6 Å². The van der Waals surface area contributed by atoms with Gasteiger partial charge in [-0.15, -0.1) is 0 Å². The smallest absolute Gasteiger partial charge is 0.307 e. The van der Waals surface area contributed by atoms with E-state index in [-0.39, 0.29) is 5.56 Å². The molecule has 0 spiro atoms. The number of carbonyl (C=O) groups excluding carboxylic acids is 2. The quantitative estimate of drug-likeness (QED) is 0.867. The number of urea groups is 1. The minimum atomic E-state index is -2.91. The number of nitrogens with one attached hydrogen (secondary N) is 2. The van der Waals surface area contributed by atoms with Crippen molar-refractivity contribution < 1.29 is 18.4 Å². The van der Waals surface area contributed by atoms with Gasteiger partial charge in [-0.2, -0.15) is 5.10 Å². The summed E-state index contributed by atoms with van der Waals surface area (Å²) >= 11 is 0. The third-order valence-corrected chi connectivity index (χ3v) is 3.77. The molecular formula is C17H20F2N4O2. The van der Waals surface area contributed by atoms with Crippen LogP contribution in [0.15, 0.2) is 24.4 Å². The fraction of sp³-hybridized carbons (Fsp3) is 0.353. The normalized spacial score (nSPS) is 10.8. The SMILES string of the molecule is CCc1cccc(CC)c1NC(=O)NC(=O)c1cn(C)nc1C(F)F. The molecule has 0 saturated carbocycles. The first-order valence-electron chi connectivity index (χ1n) is 7.92. The highest BCUT2D eigenvalue weighted by Gasteiger charge is 2.24. The van der Waals surface area contributed by atoms with Crippen LogP contribution in [-0.4, -0.2) is 21.7 Å². The van der Waals surface area contributed by atoms with Gasteiger partial charge in [-0.25, -0.2) is 13.6 Å². The van der Waals surface area contributed by atoms with Crippen LogP contribution in [0.2, 0.25) is 0 Å². The Balaban J connectivity index is 2.17. The molecule has 2 aromatic rings. The van der Waals surface area contributed by atoms with E-state index in [0.717, 1.165) is 22.0 Å². The third kappa shape index (κ3) is 4.20. The van der Waals surface area contributed by atoms with Gasteiger partial charge in [-0.3, -0.25) is 14.8 Å². The van der Waals surface area contributed by atoms with E-state index in [9.17, 15) is 18.4 Å². The molecule has 0 unspecified atom stereocenters. The number of halogens is 2. The van der Waals surface area contributed by atoms with E-state index in [1.807, 2.05) is 32.0 Å². The number of amides is 3. The predicted molar refractivity (Wildman–Crippen MR) is 89.8 cm³/mol. The molecule has 0 saturated heterocycles. The molecule has 0 bridgehead atoms. The number of nitrogens with zero attached hydrogens (tertiary/aromatic N) is 2. The van der Waals surface area contributed by atoms with Gasteiger partial charge in [0, 0.05) is 18.9 Å². The predicted octanol–water partition coefficient (Wildman–Crippen LogP) is 3.44. The molecule has 0 fully saturated rings. The van der Waals surface area contributed by atoms with E-state index < -0.39 is 24.1 Å². The molecule has 1 aromatic heterocycles. The Morgan fingerprint density at radius 1 is 1.20 bits per heavy atom. The number of para-hydroxylation sites is 1. The second kappa shape index (κ2) is 7.87. The summed E-state index contributed by atoms with van der Waals surface area (Å²) in [6, 6.07) is 4.89. The van der Waals surface area contributed by atoms with Gasteiger partial charge in [0.15, 0.2) is 0 Å². The van der Waals surface area contributed by atoms with Crippen LogP contribution in [-0.2, 0) is 19.9 Å². The lowest BCUT2D eigenvalue weighted by atomic mass is 10.0. The van der Waals surface area contributed by atoms with Crippen LogP contribution in [0, 0.1) is 0 Å². The van der Waals surface area contributed by atoms with Crippen LogP contribution >= 0.6 is 0 Å². The number of hydrogen-bond acceptors (Lipinski definition) is 3. The van der Waals surface area contributed by atoms with Crippen molar-refractivity contribution in [1.82, 2.24) is 15.1 Å². The third-order valence-electron chi connectivity index (χ3n) is 3.77. The summed E-state index contributed by atoms with van der Waals surface area (Å²) in [5.41, 5.74) is 1.51. The van der Waals surface area contributed by atoms with Crippen LogP contribution in [0.25, 0.3) is 0 Å². The van der Waals surface area contributed by atoms with Gasteiger partial charge in [0.1, 0.15) is 5.69 Å². The van der Waals surface area contributed by atoms with Gasteiger partial charge in [0.2, 0.25) is 0 Å². The second-order valence-corrected chi connectivity index (χ2v) is 5.47. The molecule has 0 aliphatic rings. The average Bonchev–Trinajstić information content (AvgIpc) is 2.97. The monoisotopic (exact) mass is 350 g/mol. The lowest BCUT2D eigenvalue weighted by Gasteiger charge is -2.14. The van der Waals surface area contributed by atoms with Crippen molar-refractivity contribution in [2.75, 3.05) is 5.32 Å². The summed E-state index contributed by atoms with van der Waals surface area (Å²) in [5.74, 6) is -0.923. The van der Waals surface area contributed by atoms with Crippen LogP contribution in [0.5, 0.6) is 0 Å². The van der Waals surface area contributed by atoms with Crippen molar-refractivity contribution in [2.24, 2.45) is 7.05 Å². The van der Waals surface area contributed by atoms with Crippen LogP contribution in [0.1, 0.15) is 47.5 Å². The van der Waals surface area contributed by atoms with E-state index in [0.29, 0.717) is 18.5 Å². The molecule has 8 heteroatoms. The number of imide groups is 1. The highest BCUT2D eigenvalue weighted by molar-refractivity contribution is 6.08. The van der Waals surface area contributed by atoms with E-state index >= 15 is 0 Å². The van der Waals surface area contributed by atoms with E-state index in [2.05, 4.69) is 15.7 Å². The number of carbonyl (C=O) groups is 2. The Hall–Kier alpha value is -2.77. The minimum absolute atomic E-state index is 0.327. The molecule has 0 aliphatic heterocycles. The first-order valence-corrected chi connectivity index (χ1v) is 7.92. The Morgan fingerprint density at radius 3 is 2.32 bits per heavy atom. The molecule has 0 aliphatic carbocycles. The van der Waals surface area contributed by atoms with Crippen LogP contribution in [0.4, 0.5) is 19.3 Å². The molecule has 3 amide bonds. The van der Waals surface area contributed by atoms with Crippen LogP contribution < -0.4 is 10.6 Å². The summed E-state index contributed by atoms with van der Waals surface area (Å²) in [4.78, 5) is 24.3. The van der Waals surface area contributed by atoms with E-state index in [4.69, 9.17) is 0 Å². The zero-order valence-electron chi connectivity index (χ0n) is 14.3. The standard InChI is InChI=1S/C17H20F2N4O2/c1-4-10-7-6-8-11(5-2)13(10)20-17(25)21-16(24)12-9-23(3)22-14(12)15(18)19/h6-9,15H,4-5H2,1-3H3,(H2,20,21,24,25). The zero-order valence-corrected chi connectivity index (χ0v) is 14.3. The number of anilines is 1. The Bertz CT molecular complexity index is 765. The molecule has 0 radical (unpaired) electrons. The summed E-state index contributed by atoms with van der Waals surface area (Å²) < 4.78 is 27.0. The Morgan fingerprint density at radius 2 is 1.80 bits per heavy atom. The first kappa shape index (κ1) is 18.6. The molecule has 1 heterocycles. The Kier molecular flexibility index (Phi) is 5.84. The van der Waals surface area contributed by atoms with Crippen molar-refractivity contribution in [2.45, 2.75) is 33.1 Å². The average molecular weight is 350 g/mol. The van der Waals surface area contributed by atoms with Crippen molar-refractivity contribution in [3.8, 4) is 0 Å². The highest BCUT2D eigenvalue weighted by atomic mass is 19.3. The fourth-order valence-electron chi connectivity index (χ4n) is 2.56. The summed E-state index contributed by atoms with van der Waals surface area (Å²) in [7, 11) is 1.42. The second-order valence-electron chi connectivity index (χ2n) is 5.47. The molecular weight excluding hydrogens is 330 g/mol. The lowest BCUT2D eigenvalue weighted by molar-refractivity contribution is 0.0952. The lowest BCUT2D eigenvalue weighted by Crippen LogP contribution is -2.35. The molecule has 0 atom stereocenters. The van der Waals surface area contributed by atoms with E-state index in [1.165, 1.54) is 7.05 Å². The first-order chi connectivity index (χ1) is 11.9. The van der Waals surface area contributed by atoms with Crippen molar-refractivity contribution in [3.05, 3.63) is 46.8 Å². The number of hydrogen-bond donors (Lipinski definition) is 2. The van der Waals surface area contributed by atoms with Gasteiger partial charge < -0.3 is 5.32 Å². The van der Waals surface area contributed by atoms with Gasteiger partial charge >= 0.3 is 6.03 Å². The largest absolute Gasteiger partial charge is 0.326 e. The fourth-order valence-corrected chi connectivity index (χ4v) is 2.56. The number of alkyl halides is 2. The molecule has 25 heavy (non-hydrogen) atoms. The van der Waals surface area contributed by atoms with Gasteiger partial charge in [0.05, 0.1) is 5.56 Å². The summed E-state index contributed by atoms with van der Waals surface area (Å²) in [6.07, 6.45) is -0.343. The maximum atomic E-state index is 12.9. The maximum absolute atomic E-state index is 12.9.